The zero-order valence-electron chi connectivity index (χ0n) is 13.7. The lowest BCUT2D eigenvalue weighted by Crippen LogP contribution is -1.98. The van der Waals surface area contributed by atoms with Crippen LogP contribution in [0.25, 0.3) is 16.9 Å². The lowest BCUT2D eigenvalue weighted by molar-refractivity contribution is 0.626. The first-order valence-corrected chi connectivity index (χ1v) is 8.88. The summed E-state index contributed by atoms with van der Waals surface area (Å²) in [5, 5.41) is 0. The average molecular weight is 395 g/mol. The Balaban J connectivity index is 1.96. The number of rotatable bonds is 3. The van der Waals surface area contributed by atoms with E-state index in [9.17, 15) is 4.39 Å². The molecule has 0 radical (unpaired) electrons. The summed E-state index contributed by atoms with van der Waals surface area (Å²) in [4.78, 5) is 4.89. The van der Waals surface area contributed by atoms with Crippen LogP contribution in [-0.4, -0.2) is 9.38 Å². The van der Waals surface area contributed by atoms with Gasteiger partial charge in [0.25, 0.3) is 0 Å². The van der Waals surface area contributed by atoms with Gasteiger partial charge in [-0.3, -0.25) is 0 Å². The second kappa shape index (κ2) is 6.45. The average Bonchev–Trinajstić information content (AvgIpc) is 2.95. The van der Waals surface area contributed by atoms with E-state index in [1.54, 1.807) is 12.1 Å². The van der Waals surface area contributed by atoms with Gasteiger partial charge in [-0.15, -0.1) is 0 Å². The maximum atomic E-state index is 13.6. The summed E-state index contributed by atoms with van der Waals surface area (Å²) in [7, 11) is 0. The van der Waals surface area contributed by atoms with Crippen molar-refractivity contribution in [2.24, 2.45) is 0 Å². The van der Waals surface area contributed by atoms with E-state index in [1.165, 1.54) is 6.07 Å². The Morgan fingerprint density at radius 3 is 2.60 bits per heavy atom. The molecule has 2 nitrogen and oxygen atoms in total. The van der Waals surface area contributed by atoms with Crippen LogP contribution in [0.4, 0.5) is 4.39 Å². The van der Waals surface area contributed by atoms with Crippen molar-refractivity contribution in [2.45, 2.75) is 13.3 Å². The van der Waals surface area contributed by atoms with Gasteiger partial charge in [-0.25, -0.2) is 9.37 Å². The number of hydrogen-bond donors (Lipinski definition) is 0. The van der Waals surface area contributed by atoms with Gasteiger partial charge in [0.1, 0.15) is 11.5 Å². The molecule has 0 aliphatic heterocycles. The van der Waals surface area contributed by atoms with Crippen molar-refractivity contribution >= 4 is 21.6 Å². The second-order valence-corrected chi connectivity index (χ2v) is 7.03. The van der Waals surface area contributed by atoms with Crippen LogP contribution in [0.3, 0.4) is 0 Å². The highest BCUT2D eigenvalue weighted by atomic mass is 79.9. The Hall–Kier alpha value is -2.46. The maximum absolute atomic E-state index is 13.6. The highest BCUT2D eigenvalue weighted by molar-refractivity contribution is 9.10. The molecule has 0 aliphatic rings. The van der Waals surface area contributed by atoms with E-state index >= 15 is 0 Å². The molecule has 0 atom stereocenters. The van der Waals surface area contributed by atoms with Crippen molar-refractivity contribution in [3.63, 3.8) is 0 Å². The minimum Gasteiger partial charge on any atom is -0.302 e. The summed E-state index contributed by atoms with van der Waals surface area (Å²) >= 11 is 3.57. The fourth-order valence-corrected chi connectivity index (χ4v) is 3.70. The molecular formula is C21H16BrFN2. The molecule has 0 fully saturated rings. The van der Waals surface area contributed by atoms with Crippen molar-refractivity contribution in [1.29, 1.82) is 0 Å². The van der Waals surface area contributed by atoms with Crippen LogP contribution < -0.4 is 0 Å². The molecule has 2 aromatic carbocycles. The molecule has 0 amide bonds. The van der Waals surface area contributed by atoms with Crippen LogP contribution in [0.1, 0.15) is 16.8 Å². The first kappa shape index (κ1) is 16.0. The van der Waals surface area contributed by atoms with Crippen LogP contribution in [0, 0.1) is 12.7 Å². The molecule has 0 unspecified atom stereocenters. The van der Waals surface area contributed by atoms with Crippen LogP contribution >= 0.6 is 15.9 Å². The SMILES string of the molecule is Cc1cc(Br)cn2c(Cc3cccc(F)c3)c(-c3ccccc3)nc12. The predicted octanol–water partition coefficient (Wildman–Crippen LogP) is 5.80. The summed E-state index contributed by atoms with van der Waals surface area (Å²) in [5.41, 5.74) is 6.00. The molecule has 0 bridgehead atoms. The van der Waals surface area contributed by atoms with E-state index in [-0.39, 0.29) is 5.82 Å². The number of aromatic nitrogens is 2. The van der Waals surface area contributed by atoms with E-state index in [0.717, 1.165) is 38.2 Å². The molecule has 25 heavy (non-hydrogen) atoms. The lowest BCUT2D eigenvalue weighted by Gasteiger charge is -2.07. The lowest BCUT2D eigenvalue weighted by atomic mass is 10.0. The van der Waals surface area contributed by atoms with Gasteiger partial charge in [0.15, 0.2) is 0 Å². The monoisotopic (exact) mass is 394 g/mol. The molecular weight excluding hydrogens is 379 g/mol. The molecule has 0 saturated heterocycles. The summed E-state index contributed by atoms with van der Waals surface area (Å²) in [5.74, 6) is -0.218. The first-order valence-electron chi connectivity index (χ1n) is 8.09. The summed E-state index contributed by atoms with van der Waals surface area (Å²) in [6, 6.07) is 18.9. The second-order valence-electron chi connectivity index (χ2n) is 6.11. The Morgan fingerprint density at radius 2 is 1.84 bits per heavy atom. The zero-order valence-corrected chi connectivity index (χ0v) is 15.3. The largest absolute Gasteiger partial charge is 0.302 e. The van der Waals surface area contributed by atoms with Crippen LogP contribution in [-0.2, 0) is 6.42 Å². The summed E-state index contributed by atoms with van der Waals surface area (Å²) in [6.07, 6.45) is 2.63. The third-order valence-corrected chi connectivity index (χ3v) is 4.71. The van der Waals surface area contributed by atoms with Crippen LogP contribution in [0.2, 0.25) is 0 Å². The molecule has 4 heteroatoms. The molecule has 0 spiro atoms. The summed E-state index contributed by atoms with van der Waals surface area (Å²) in [6.45, 7) is 2.05. The third kappa shape index (κ3) is 3.10. The van der Waals surface area contributed by atoms with E-state index in [1.807, 2.05) is 37.4 Å². The van der Waals surface area contributed by atoms with Gasteiger partial charge in [0.2, 0.25) is 0 Å². The topological polar surface area (TPSA) is 17.3 Å². The number of benzene rings is 2. The van der Waals surface area contributed by atoms with Gasteiger partial charge in [-0.1, -0.05) is 42.5 Å². The van der Waals surface area contributed by atoms with Gasteiger partial charge in [-0.05, 0) is 52.2 Å². The molecule has 0 aliphatic carbocycles. The minimum absolute atomic E-state index is 0.218. The number of aryl methyl sites for hydroxylation is 1. The van der Waals surface area contributed by atoms with E-state index in [0.29, 0.717) is 6.42 Å². The fourth-order valence-electron chi connectivity index (χ4n) is 3.15. The number of nitrogens with zero attached hydrogens (tertiary/aromatic N) is 2. The number of halogens is 2. The first-order chi connectivity index (χ1) is 12.1. The van der Waals surface area contributed by atoms with Crippen molar-refractivity contribution in [1.82, 2.24) is 9.38 Å². The maximum Gasteiger partial charge on any atom is 0.140 e. The van der Waals surface area contributed by atoms with Crippen molar-refractivity contribution in [3.05, 3.63) is 94.0 Å². The zero-order chi connectivity index (χ0) is 17.4. The number of fused-ring (bicyclic) bond motifs is 1. The highest BCUT2D eigenvalue weighted by Gasteiger charge is 2.16. The Labute approximate surface area is 154 Å². The van der Waals surface area contributed by atoms with Gasteiger partial charge in [0, 0.05) is 22.7 Å². The summed E-state index contributed by atoms with van der Waals surface area (Å²) < 4.78 is 16.7. The van der Waals surface area contributed by atoms with Gasteiger partial charge < -0.3 is 4.40 Å². The van der Waals surface area contributed by atoms with Crippen molar-refractivity contribution < 1.29 is 4.39 Å². The van der Waals surface area contributed by atoms with Crippen molar-refractivity contribution in [2.75, 3.05) is 0 Å². The Kier molecular flexibility index (Phi) is 4.14. The van der Waals surface area contributed by atoms with Gasteiger partial charge in [0.05, 0.1) is 11.4 Å². The number of hydrogen-bond acceptors (Lipinski definition) is 1. The quantitative estimate of drug-likeness (QED) is 0.429. The third-order valence-electron chi connectivity index (χ3n) is 4.28. The van der Waals surface area contributed by atoms with E-state index in [4.69, 9.17) is 4.98 Å². The standard InChI is InChI=1S/C21H16BrFN2/c1-14-10-17(22)13-25-19(12-15-6-5-9-18(23)11-15)20(24-21(14)25)16-7-3-2-4-8-16/h2-11,13H,12H2,1H3. The Morgan fingerprint density at radius 1 is 1.04 bits per heavy atom. The van der Waals surface area contributed by atoms with Gasteiger partial charge >= 0.3 is 0 Å². The Bertz CT molecular complexity index is 1050. The van der Waals surface area contributed by atoms with Crippen molar-refractivity contribution in [3.8, 4) is 11.3 Å². The van der Waals surface area contributed by atoms with Gasteiger partial charge in [-0.2, -0.15) is 0 Å². The molecule has 4 aromatic rings. The highest BCUT2D eigenvalue weighted by Crippen LogP contribution is 2.29. The molecule has 2 aromatic heterocycles. The fraction of sp³-hybridized carbons (Fsp3) is 0.0952. The molecule has 2 heterocycles. The molecule has 4 rings (SSSR count). The molecule has 124 valence electrons. The molecule has 0 saturated carbocycles. The smallest absolute Gasteiger partial charge is 0.140 e. The normalized spacial score (nSPS) is 11.2. The number of imidazole rings is 1. The number of pyridine rings is 1. The molecule has 0 N–H and O–H groups in total. The van der Waals surface area contributed by atoms with E-state index in [2.05, 4.69) is 38.5 Å². The van der Waals surface area contributed by atoms with Crippen LogP contribution in [0.5, 0.6) is 0 Å². The predicted molar refractivity (Wildman–Crippen MR) is 102 cm³/mol. The van der Waals surface area contributed by atoms with E-state index < -0.39 is 0 Å². The van der Waals surface area contributed by atoms with Crippen LogP contribution in [0.15, 0.2) is 71.3 Å². The minimum atomic E-state index is -0.218.